The number of hydrogen-bond donors (Lipinski definition) is 1. The zero-order valence-electron chi connectivity index (χ0n) is 10.6. The molecule has 0 aliphatic carbocycles. The zero-order chi connectivity index (χ0) is 13.1. The summed E-state index contributed by atoms with van der Waals surface area (Å²) >= 11 is 0. The maximum absolute atomic E-state index is 10.9. The molecule has 18 heavy (non-hydrogen) atoms. The first-order chi connectivity index (χ1) is 8.58. The van der Waals surface area contributed by atoms with Gasteiger partial charge >= 0.3 is 5.97 Å². The Kier molecular flexibility index (Phi) is 3.62. The van der Waals surface area contributed by atoms with Crippen LogP contribution in [0.5, 0.6) is 0 Å². The van der Waals surface area contributed by atoms with E-state index in [0.29, 0.717) is 0 Å². The fraction of sp³-hybridized carbons (Fsp3) is 0.385. The average Bonchev–Trinajstić information content (AvgIpc) is 2.64. The highest BCUT2D eigenvalue weighted by Gasteiger charge is 2.12. The molecule has 0 saturated heterocycles. The normalized spacial score (nSPS) is 11.3. The third-order valence-electron chi connectivity index (χ3n) is 2.81. The second-order valence-electron chi connectivity index (χ2n) is 4.55. The minimum atomic E-state index is -0.843. The minimum absolute atomic E-state index is 0.0384. The van der Waals surface area contributed by atoms with Gasteiger partial charge in [-0.3, -0.25) is 4.79 Å². The van der Waals surface area contributed by atoms with Crippen LogP contribution >= 0.6 is 0 Å². The SMILES string of the molecule is CN(C)CCc1nc2ccccc2n1CC(=O)O. The van der Waals surface area contributed by atoms with Crippen molar-refractivity contribution in [1.82, 2.24) is 14.5 Å². The highest BCUT2D eigenvalue weighted by atomic mass is 16.4. The van der Waals surface area contributed by atoms with E-state index < -0.39 is 5.97 Å². The standard InChI is InChI=1S/C13H17N3O2/c1-15(2)8-7-12-14-10-5-3-4-6-11(10)16(12)9-13(17)18/h3-6H,7-9H2,1-2H3,(H,17,18). The Bertz CT molecular complexity index is 560. The molecule has 0 bridgehead atoms. The van der Waals surface area contributed by atoms with Gasteiger partial charge in [-0.05, 0) is 26.2 Å². The molecule has 96 valence electrons. The minimum Gasteiger partial charge on any atom is -0.480 e. The van der Waals surface area contributed by atoms with E-state index in [9.17, 15) is 4.79 Å². The van der Waals surface area contributed by atoms with Crippen LogP contribution in [0.25, 0.3) is 11.0 Å². The smallest absolute Gasteiger partial charge is 0.323 e. The lowest BCUT2D eigenvalue weighted by Gasteiger charge is -2.10. The molecule has 0 atom stereocenters. The summed E-state index contributed by atoms with van der Waals surface area (Å²) < 4.78 is 1.78. The van der Waals surface area contributed by atoms with Crippen LogP contribution in [0, 0.1) is 0 Å². The van der Waals surface area contributed by atoms with Crippen LogP contribution in [-0.2, 0) is 17.8 Å². The van der Waals surface area contributed by atoms with Gasteiger partial charge in [-0.2, -0.15) is 0 Å². The van der Waals surface area contributed by atoms with Gasteiger partial charge in [0.15, 0.2) is 0 Å². The maximum Gasteiger partial charge on any atom is 0.323 e. The number of nitrogens with zero attached hydrogens (tertiary/aromatic N) is 3. The van der Waals surface area contributed by atoms with Crippen molar-refractivity contribution in [2.45, 2.75) is 13.0 Å². The van der Waals surface area contributed by atoms with Crippen molar-refractivity contribution in [1.29, 1.82) is 0 Å². The first-order valence-electron chi connectivity index (χ1n) is 5.88. The summed E-state index contributed by atoms with van der Waals surface area (Å²) in [6.07, 6.45) is 0.745. The van der Waals surface area contributed by atoms with Crippen molar-refractivity contribution in [3.8, 4) is 0 Å². The van der Waals surface area contributed by atoms with E-state index in [2.05, 4.69) is 9.88 Å². The Morgan fingerprint density at radius 2 is 2.11 bits per heavy atom. The van der Waals surface area contributed by atoms with Crippen molar-refractivity contribution >= 4 is 17.0 Å². The lowest BCUT2D eigenvalue weighted by Crippen LogP contribution is -2.19. The quantitative estimate of drug-likeness (QED) is 0.863. The number of imidazole rings is 1. The molecular formula is C13H17N3O2. The van der Waals surface area contributed by atoms with Gasteiger partial charge in [0.2, 0.25) is 0 Å². The summed E-state index contributed by atoms with van der Waals surface area (Å²) in [6.45, 7) is 0.812. The van der Waals surface area contributed by atoms with Gasteiger partial charge in [0.25, 0.3) is 0 Å². The molecule has 5 nitrogen and oxygen atoms in total. The fourth-order valence-electron chi connectivity index (χ4n) is 1.95. The largest absolute Gasteiger partial charge is 0.480 e. The van der Waals surface area contributed by atoms with Crippen LogP contribution in [0.3, 0.4) is 0 Å². The molecule has 0 fully saturated rings. The number of aliphatic carboxylic acids is 1. The number of carboxylic acid groups (broad SMARTS) is 1. The van der Waals surface area contributed by atoms with Crippen molar-refractivity contribution in [2.75, 3.05) is 20.6 Å². The van der Waals surface area contributed by atoms with E-state index in [1.165, 1.54) is 0 Å². The van der Waals surface area contributed by atoms with Crippen LogP contribution in [-0.4, -0.2) is 46.2 Å². The summed E-state index contributed by atoms with van der Waals surface area (Å²) in [7, 11) is 3.98. The molecule has 5 heteroatoms. The van der Waals surface area contributed by atoms with Gasteiger partial charge in [0.1, 0.15) is 12.4 Å². The van der Waals surface area contributed by atoms with E-state index in [1.54, 1.807) is 4.57 Å². The Balaban J connectivity index is 2.39. The Labute approximate surface area is 106 Å². The average molecular weight is 247 g/mol. The highest BCUT2D eigenvalue weighted by molar-refractivity contribution is 5.78. The topological polar surface area (TPSA) is 58.4 Å². The number of para-hydroxylation sites is 2. The molecule has 1 heterocycles. The van der Waals surface area contributed by atoms with E-state index >= 15 is 0 Å². The van der Waals surface area contributed by atoms with Gasteiger partial charge < -0.3 is 14.6 Å². The van der Waals surface area contributed by atoms with Crippen molar-refractivity contribution in [2.24, 2.45) is 0 Å². The summed E-state index contributed by atoms with van der Waals surface area (Å²) in [5, 5.41) is 8.99. The number of rotatable bonds is 5. The van der Waals surface area contributed by atoms with Crippen molar-refractivity contribution < 1.29 is 9.90 Å². The Morgan fingerprint density at radius 1 is 1.39 bits per heavy atom. The molecule has 2 aromatic rings. The molecule has 0 radical (unpaired) electrons. The molecule has 1 aromatic heterocycles. The van der Waals surface area contributed by atoms with Crippen molar-refractivity contribution in [3.05, 3.63) is 30.1 Å². The van der Waals surface area contributed by atoms with Crippen LogP contribution in [0.2, 0.25) is 0 Å². The van der Waals surface area contributed by atoms with E-state index in [0.717, 1.165) is 29.8 Å². The second-order valence-corrected chi connectivity index (χ2v) is 4.55. The maximum atomic E-state index is 10.9. The number of hydrogen-bond acceptors (Lipinski definition) is 3. The monoisotopic (exact) mass is 247 g/mol. The van der Waals surface area contributed by atoms with Gasteiger partial charge in [-0.1, -0.05) is 12.1 Å². The first-order valence-corrected chi connectivity index (χ1v) is 5.88. The molecule has 0 amide bonds. The molecular weight excluding hydrogens is 230 g/mol. The van der Waals surface area contributed by atoms with Crippen LogP contribution in [0.1, 0.15) is 5.82 Å². The van der Waals surface area contributed by atoms with Gasteiger partial charge in [0.05, 0.1) is 11.0 Å². The summed E-state index contributed by atoms with van der Waals surface area (Å²) in [5.74, 6) is -0.0171. The summed E-state index contributed by atoms with van der Waals surface area (Å²) in [4.78, 5) is 17.5. The number of carbonyl (C=O) groups is 1. The predicted molar refractivity (Wildman–Crippen MR) is 69.6 cm³/mol. The molecule has 1 N–H and O–H groups in total. The summed E-state index contributed by atoms with van der Waals surface area (Å²) in [6, 6.07) is 7.63. The lowest BCUT2D eigenvalue weighted by molar-refractivity contribution is -0.137. The number of benzene rings is 1. The third-order valence-corrected chi connectivity index (χ3v) is 2.81. The molecule has 0 aliphatic heterocycles. The van der Waals surface area contributed by atoms with E-state index in [1.807, 2.05) is 38.4 Å². The Hall–Kier alpha value is -1.88. The molecule has 1 aromatic carbocycles. The van der Waals surface area contributed by atoms with Gasteiger partial charge in [-0.25, -0.2) is 4.98 Å². The molecule has 0 unspecified atom stereocenters. The van der Waals surface area contributed by atoms with Crippen LogP contribution in [0.15, 0.2) is 24.3 Å². The number of carboxylic acids is 1. The van der Waals surface area contributed by atoms with Crippen LogP contribution < -0.4 is 0 Å². The number of aromatic nitrogens is 2. The van der Waals surface area contributed by atoms with Gasteiger partial charge in [0, 0.05) is 13.0 Å². The first kappa shape index (κ1) is 12.6. The lowest BCUT2D eigenvalue weighted by atomic mass is 10.3. The molecule has 0 spiro atoms. The molecule has 2 rings (SSSR count). The zero-order valence-corrected chi connectivity index (χ0v) is 10.6. The van der Waals surface area contributed by atoms with Crippen molar-refractivity contribution in [3.63, 3.8) is 0 Å². The highest BCUT2D eigenvalue weighted by Crippen LogP contribution is 2.16. The Morgan fingerprint density at radius 3 is 2.78 bits per heavy atom. The predicted octanol–water partition coefficient (Wildman–Crippen LogP) is 1.23. The van der Waals surface area contributed by atoms with E-state index in [4.69, 9.17) is 5.11 Å². The molecule has 0 saturated carbocycles. The number of fused-ring (bicyclic) bond motifs is 1. The van der Waals surface area contributed by atoms with Gasteiger partial charge in [-0.15, -0.1) is 0 Å². The van der Waals surface area contributed by atoms with Crippen LogP contribution in [0.4, 0.5) is 0 Å². The fourth-order valence-corrected chi connectivity index (χ4v) is 1.95. The molecule has 0 aliphatic rings. The van der Waals surface area contributed by atoms with E-state index in [-0.39, 0.29) is 6.54 Å². The third kappa shape index (κ3) is 2.68. The summed E-state index contributed by atoms with van der Waals surface area (Å²) in [5.41, 5.74) is 1.74. The second kappa shape index (κ2) is 5.18. The number of likely N-dealkylation sites (N-methyl/N-ethyl adjacent to an activating group) is 1.